The minimum Gasteiger partial charge on any atom is -0.480 e. The predicted molar refractivity (Wildman–Crippen MR) is 73.7 cm³/mol. The van der Waals surface area contributed by atoms with Crippen LogP contribution in [0.5, 0.6) is 0 Å². The van der Waals surface area contributed by atoms with Gasteiger partial charge in [-0.15, -0.1) is 0 Å². The number of nitrogens with zero attached hydrogens (tertiary/aromatic N) is 1. The lowest BCUT2D eigenvalue weighted by Gasteiger charge is -2.26. The first-order valence-corrected chi connectivity index (χ1v) is 8.34. The predicted octanol–water partition coefficient (Wildman–Crippen LogP) is 0.172. The molecular formula is C12H22N2O5S. The second-order valence-electron chi connectivity index (χ2n) is 5.25. The minimum atomic E-state index is -3.22. The molecule has 1 aliphatic rings. The van der Waals surface area contributed by atoms with Crippen molar-refractivity contribution in [3.05, 3.63) is 0 Å². The third-order valence-corrected chi connectivity index (χ3v) is 5.39. The molecule has 0 bridgehead atoms. The van der Waals surface area contributed by atoms with Crippen LogP contribution in [-0.4, -0.2) is 54.1 Å². The Hall–Kier alpha value is -1.15. The topological polar surface area (TPSA) is 104 Å². The maximum absolute atomic E-state index is 11.8. The molecule has 1 atom stereocenters. The Morgan fingerprint density at radius 3 is 2.50 bits per heavy atom. The van der Waals surface area contributed by atoms with Gasteiger partial charge in [0.15, 0.2) is 0 Å². The normalized spacial score (nSPS) is 21.3. The molecule has 7 nitrogen and oxygen atoms in total. The Morgan fingerprint density at radius 1 is 1.40 bits per heavy atom. The first-order chi connectivity index (χ1) is 9.21. The monoisotopic (exact) mass is 306 g/mol. The number of nitrogens with one attached hydrogen (secondary N) is 1. The molecule has 0 saturated carbocycles. The molecule has 0 spiro atoms. The summed E-state index contributed by atoms with van der Waals surface area (Å²) >= 11 is 0. The number of carboxylic acid groups (broad SMARTS) is 1. The van der Waals surface area contributed by atoms with Gasteiger partial charge in [0.1, 0.15) is 5.54 Å². The molecule has 1 heterocycles. The second-order valence-corrected chi connectivity index (χ2v) is 7.34. The van der Waals surface area contributed by atoms with Gasteiger partial charge in [-0.2, -0.15) is 0 Å². The van der Waals surface area contributed by atoms with E-state index in [1.807, 2.05) is 6.92 Å². The van der Waals surface area contributed by atoms with Crippen LogP contribution >= 0.6 is 0 Å². The van der Waals surface area contributed by atoms with E-state index in [-0.39, 0.29) is 18.7 Å². The van der Waals surface area contributed by atoms with E-state index in [0.29, 0.717) is 25.8 Å². The summed E-state index contributed by atoms with van der Waals surface area (Å²) in [7, 11) is -3.22. The molecule has 20 heavy (non-hydrogen) atoms. The molecule has 1 saturated heterocycles. The Morgan fingerprint density at radius 2 is 2.05 bits per heavy atom. The third-order valence-electron chi connectivity index (χ3n) is 3.43. The fourth-order valence-corrected chi connectivity index (χ4v) is 3.79. The van der Waals surface area contributed by atoms with Crippen molar-refractivity contribution < 1.29 is 23.1 Å². The van der Waals surface area contributed by atoms with Gasteiger partial charge in [-0.3, -0.25) is 4.79 Å². The van der Waals surface area contributed by atoms with Crippen molar-refractivity contribution in [2.45, 2.75) is 45.1 Å². The maximum Gasteiger partial charge on any atom is 0.329 e. The van der Waals surface area contributed by atoms with Gasteiger partial charge in [0.05, 0.1) is 5.75 Å². The SMILES string of the molecule is CCCC(C)(NC(=O)CCN1CCCS1(=O)=O)C(=O)O. The summed E-state index contributed by atoms with van der Waals surface area (Å²) in [6.45, 7) is 3.84. The average Bonchev–Trinajstić information content (AvgIpc) is 2.65. The summed E-state index contributed by atoms with van der Waals surface area (Å²) < 4.78 is 24.4. The van der Waals surface area contributed by atoms with Crippen LogP contribution in [0.15, 0.2) is 0 Å². The number of carbonyl (C=O) groups excluding carboxylic acids is 1. The number of sulfonamides is 1. The molecule has 0 aromatic heterocycles. The molecule has 1 rings (SSSR count). The van der Waals surface area contributed by atoms with Crippen molar-refractivity contribution in [2.75, 3.05) is 18.8 Å². The van der Waals surface area contributed by atoms with E-state index >= 15 is 0 Å². The summed E-state index contributed by atoms with van der Waals surface area (Å²) in [4.78, 5) is 23.0. The van der Waals surface area contributed by atoms with Crippen molar-refractivity contribution >= 4 is 21.9 Å². The molecule has 8 heteroatoms. The van der Waals surface area contributed by atoms with Crippen molar-refractivity contribution in [1.29, 1.82) is 0 Å². The lowest BCUT2D eigenvalue weighted by molar-refractivity contribution is -0.147. The standard InChI is InChI=1S/C12H22N2O5S/c1-3-6-12(2,11(16)17)13-10(15)5-8-14-7-4-9-20(14,18)19/h3-9H2,1-2H3,(H,13,15)(H,16,17). The molecule has 1 fully saturated rings. The van der Waals surface area contributed by atoms with Gasteiger partial charge in [-0.05, 0) is 19.8 Å². The van der Waals surface area contributed by atoms with E-state index in [9.17, 15) is 18.0 Å². The first kappa shape index (κ1) is 16.9. The minimum absolute atomic E-state index is 0.0220. The van der Waals surface area contributed by atoms with Crippen molar-refractivity contribution in [3.63, 3.8) is 0 Å². The molecule has 0 aromatic rings. The number of hydrogen-bond donors (Lipinski definition) is 2. The Balaban J connectivity index is 2.53. The summed E-state index contributed by atoms with van der Waals surface area (Å²) in [5, 5.41) is 11.6. The van der Waals surface area contributed by atoms with Crippen LogP contribution in [0.2, 0.25) is 0 Å². The highest BCUT2D eigenvalue weighted by molar-refractivity contribution is 7.89. The molecule has 2 N–H and O–H groups in total. The van der Waals surface area contributed by atoms with Gasteiger partial charge < -0.3 is 10.4 Å². The number of aliphatic carboxylic acids is 1. The van der Waals surface area contributed by atoms with Gasteiger partial charge in [0, 0.05) is 19.5 Å². The highest BCUT2D eigenvalue weighted by Crippen LogP contribution is 2.15. The summed E-state index contributed by atoms with van der Waals surface area (Å²) in [6, 6.07) is 0. The lowest BCUT2D eigenvalue weighted by Crippen LogP contribution is -2.52. The first-order valence-electron chi connectivity index (χ1n) is 6.73. The van der Waals surface area contributed by atoms with Crippen LogP contribution in [0, 0.1) is 0 Å². The molecule has 116 valence electrons. The van der Waals surface area contributed by atoms with E-state index in [2.05, 4.69) is 5.32 Å². The highest BCUT2D eigenvalue weighted by atomic mass is 32.2. The summed E-state index contributed by atoms with van der Waals surface area (Å²) in [5.74, 6) is -1.40. The van der Waals surface area contributed by atoms with E-state index < -0.39 is 27.4 Å². The Labute approximate surface area is 119 Å². The molecule has 0 radical (unpaired) electrons. The largest absolute Gasteiger partial charge is 0.480 e. The smallest absolute Gasteiger partial charge is 0.329 e. The van der Waals surface area contributed by atoms with Crippen molar-refractivity contribution in [2.24, 2.45) is 0 Å². The molecule has 0 aliphatic carbocycles. The Kier molecular flexibility index (Phi) is 5.52. The summed E-state index contributed by atoms with van der Waals surface area (Å²) in [6.07, 6.45) is 1.51. The quantitative estimate of drug-likeness (QED) is 0.698. The molecular weight excluding hydrogens is 284 g/mol. The second kappa shape index (κ2) is 6.53. The molecule has 1 aliphatic heterocycles. The van der Waals surface area contributed by atoms with Gasteiger partial charge in [-0.1, -0.05) is 13.3 Å². The number of carbonyl (C=O) groups is 2. The Bertz CT molecular complexity index is 476. The van der Waals surface area contributed by atoms with Crippen LogP contribution in [0.1, 0.15) is 39.5 Å². The average molecular weight is 306 g/mol. The molecule has 0 aromatic carbocycles. The fourth-order valence-electron chi connectivity index (χ4n) is 2.26. The number of amides is 1. The van der Waals surface area contributed by atoms with Crippen LogP contribution in [0.25, 0.3) is 0 Å². The lowest BCUT2D eigenvalue weighted by atomic mass is 9.96. The summed E-state index contributed by atoms with van der Waals surface area (Å²) in [5.41, 5.74) is -1.30. The van der Waals surface area contributed by atoms with E-state index in [4.69, 9.17) is 5.11 Å². The third kappa shape index (κ3) is 4.17. The van der Waals surface area contributed by atoms with E-state index in [1.54, 1.807) is 0 Å². The zero-order valence-electron chi connectivity index (χ0n) is 11.9. The van der Waals surface area contributed by atoms with Crippen LogP contribution in [0.4, 0.5) is 0 Å². The number of carboxylic acids is 1. The van der Waals surface area contributed by atoms with Gasteiger partial charge in [0.25, 0.3) is 0 Å². The van der Waals surface area contributed by atoms with Crippen LogP contribution in [-0.2, 0) is 19.6 Å². The van der Waals surface area contributed by atoms with E-state index in [0.717, 1.165) is 0 Å². The zero-order chi connectivity index (χ0) is 15.4. The van der Waals surface area contributed by atoms with Crippen molar-refractivity contribution in [1.82, 2.24) is 9.62 Å². The molecule has 1 unspecified atom stereocenters. The van der Waals surface area contributed by atoms with E-state index in [1.165, 1.54) is 11.2 Å². The van der Waals surface area contributed by atoms with Crippen molar-refractivity contribution in [3.8, 4) is 0 Å². The number of rotatable bonds is 7. The van der Waals surface area contributed by atoms with Gasteiger partial charge in [0.2, 0.25) is 15.9 Å². The van der Waals surface area contributed by atoms with Crippen LogP contribution < -0.4 is 5.32 Å². The number of hydrogen-bond acceptors (Lipinski definition) is 4. The maximum atomic E-state index is 11.8. The highest BCUT2D eigenvalue weighted by Gasteiger charge is 2.34. The van der Waals surface area contributed by atoms with Gasteiger partial charge >= 0.3 is 5.97 Å². The fraction of sp³-hybridized carbons (Fsp3) is 0.833. The van der Waals surface area contributed by atoms with Gasteiger partial charge in [-0.25, -0.2) is 17.5 Å². The zero-order valence-corrected chi connectivity index (χ0v) is 12.7. The molecule has 1 amide bonds. The van der Waals surface area contributed by atoms with Crippen LogP contribution in [0.3, 0.4) is 0 Å².